The molecule has 2 aliphatic rings. The molecule has 0 bridgehead atoms. The molecular weight excluding hydrogens is 554 g/mol. The summed E-state index contributed by atoms with van der Waals surface area (Å²) in [6, 6.07) is 15.9. The standard InChI is InChI=1S/C29H34ClN3O4S2/c30-22-8-6-21(7-9-22)29(35)31-19-25-11-13-28(38-25)39(36,37)33-16-14-23(15-17-33)32-24-10-12-27(34)26(18-24)20-4-2-1-3-5-20/h6-13,18,20,23,32,34H,1-5,14-17,19H2,(H,31,35). The summed E-state index contributed by atoms with van der Waals surface area (Å²) in [5, 5.41) is 17.4. The molecule has 10 heteroatoms. The van der Waals surface area contributed by atoms with Crippen LogP contribution in [0.15, 0.2) is 58.8 Å². The molecule has 1 saturated carbocycles. The third kappa shape index (κ3) is 6.77. The van der Waals surface area contributed by atoms with Crippen molar-refractivity contribution in [3.8, 4) is 5.75 Å². The first-order valence-electron chi connectivity index (χ1n) is 13.5. The van der Waals surface area contributed by atoms with Gasteiger partial charge in [0.1, 0.15) is 9.96 Å². The first kappa shape index (κ1) is 28.0. The fourth-order valence-corrected chi connectivity index (χ4v) is 8.50. The number of piperidine rings is 1. The molecule has 1 saturated heterocycles. The number of nitrogens with zero attached hydrogens (tertiary/aromatic N) is 1. The van der Waals surface area contributed by atoms with Gasteiger partial charge < -0.3 is 15.7 Å². The number of phenols is 1. The van der Waals surface area contributed by atoms with E-state index in [1.807, 2.05) is 6.07 Å². The summed E-state index contributed by atoms with van der Waals surface area (Å²) in [7, 11) is -3.60. The van der Waals surface area contributed by atoms with Gasteiger partial charge >= 0.3 is 0 Å². The van der Waals surface area contributed by atoms with Gasteiger partial charge in [0.05, 0.1) is 6.54 Å². The number of halogens is 1. The van der Waals surface area contributed by atoms with Crippen molar-refractivity contribution in [3.05, 3.63) is 75.6 Å². The Labute approximate surface area is 239 Å². The maximum Gasteiger partial charge on any atom is 0.252 e. The molecule has 7 nitrogen and oxygen atoms in total. The van der Waals surface area contributed by atoms with Gasteiger partial charge in [-0.15, -0.1) is 11.3 Å². The molecule has 3 aromatic rings. The molecular formula is C29H34ClN3O4S2. The summed E-state index contributed by atoms with van der Waals surface area (Å²) >= 11 is 7.07. The average Bonchev–Trinajstić information content (AvgIpc) is 3.44. The van der Waals surface area contributed by atoms with E-state index < -0.39 is 10.0 Å². The molecule has 0 unspecified atom stereocenters. The highest BCUT2D eigenvalue weighted by molar-refractivity contribution is 7.91. The van der Waals surface area contributed by atoms with E-state index in [-0.39, 0.29) is 18.5 Å². The van der Waals surface area contributed by atoms with Crippen LogP contribution in [0, 0.1) is 0 Å². The number of rotatable bonds is 8. The molecule has 39 heavy (non-hydrogen) atoms. The molecule has 0 atom stereocenters. The highest BCUT2D eigenvalue weighted by Gasteiger charge is 2.31. The van der Waals surface area contributed by atoms with Crippen molar-refractivity contribution >= 4 is 44.6 Å². The largest absolute Gasteiger partial charge is 0.508 e. The Hall–Kier alpha value is -2.59. The fraction of sp³-hybridized carbons (Fsp3) is 0.414. The van der Waals surface area contributed by atoms with E-state index in [1.54, 1.807) is 46.8 Å². The number of sulfonamides is 1. The number of anilines is 1. The van der Waals surface area contributed by atoms with E-state index in [9.17, 15) is 18.3 Å². The van der Waals surface area contributed by atoms with Crippen LogP contribution in [-0.2, 0) is 16.6 Å². The third-order valence-electron chi connectivity index (χ3n) is 7.66. The van der Waals surface area contributed by atoms with Gasteiger partial charge in [-0.25, -0.2) is 8.42 Å². The highest BCUT2D eigenvalue weighted by Crippen LogP contribution is 2.38. The topological polar surface area (TPSA) is 98.7 Å². The lowest BCUT2D eigenvalue weighted by Gasteiger charge is -2.32. The average molecular weight is 588 g/mol. The van der Waals surface area contributed by atoms with Gasteiger partial charge in [-0.1, -0.05) is 30.9 Å². The molecule has 2 aromatic carbocycles. The number of nitrogens with one attached hydrogen (secondary N) is 2. The van der Waals surface area contributed by atoms with E-state index in [0.717, 1.165) is 29.0 Å². The lowest BCUT2D eigenvalue weighted by Crippen LogP contribution is -2.42. The summed E-state index contributed by atoms with van der Waals surface area (Å²) in [6.07, 6.45) is 7.32. The van der Waals surface area contributed by atoms with Crippen LogP contribution >= 0.6 is 22.9 Å². The van der Waals surface area contributed by atoms with E-state index in [1.165, 1.54) is 30.6 Å². The van der Waals surface area contributed by atoms with E-state index in [4.69, 9.17) is 11.6 Å². The number of benzene rings is 2. The number of hydrogen-bond acceptors (Lipinski definition) is 6. The minimum atomic E-state index is -3.60. The van der Waals surface area contributed by atoms with Gasteiger partial charge in [0, 0.05) is 40.3 Å². The molecule has 0 spiro atoms. The number of hydrogen-bond donors (Lipinski definition) is 3. The molecule has 2 heterocycles. The van der Waals surface area contributed by atoms with Gasteiger partial charge in [0.2, 0.25) is 0 Å². The number of amides is 1. The molecule has 3 N–H and O–H groups in total. The minimum Gasteiger partial charge on any atom is -0.508 e. The zero-order valence-electron chi connectivity index (χ0n) is 21.7. The predicted molar refractivity (Wildman–Crippen MR) is 156 cm³/mol. The van der Waals surface area contributed by atoms with Crippen molar-refractivity contribution < 1.29 is 18.3 Å². The molecule has 1 aliphatic carbocycles. The number of phenolic OH excluding ortho intramolecular Hbond substituents is 1. The van der Waals surface area contributed by atoms with Crippen LogP contribution in [0.5, 0.6) is 5.75 Å². The highest BCUT2D eigenvalue weighted by atomic mass is 35.5. The SMILES string of the molecule is O=C(NCc1ccc(S(=O)(=O)N2CCC(Nc3ccc(O)c(C4CCCCC4)c3)CC2)s1)c1ccc(Cl)cc1. The molecule has 208 valence electrons. The molecule has 0 radical (unpaired) electrons. The fourth-order valence-electron chi connectivity index (χ4n) is 5.45. The zero-order valence-corrected chi connectivity index (χ0v) is 24.1. The second-order valence-electron chi connectivity index (χ2n) is 10.3. The Bertz CT molecular complexity index is 1390. The Kier molecular flexibility index (Phi) is 8.81. The Morgan fingerprint density at radius 1 is 0.974 bits per heavy atom. The van der Waals surface area contributed by atoms with Crippen LogP contribution in [0.2, 0.25) is 5.02 Å². The quantitative estimate of drug-likeness (QED) is 0.267. The molecule has 1 aromatic heterocycles. The third-order valence-corrected chi connectivity index (χ3v) is 11.4. The molecule has 1 aliphatic heterocycles. The summed E-state index contributed by atoms with van der Waals surface area (Å²) in [6.45, 7) is 1.13. The first-order valence-corrected chi connectivity index (χ1v) is 16.1. The van der Waals surface area contributed by atoms with Crippen LogP contribution < -0.4 is 10.6 Å². The van der Waals surface area contributed by atoms with Crippen molar-refractivity contribution in [1.82, 2.24) is 9.62 Å². The van der Waals surface area contributed by atoms with Crippen molar-refractivity contribution in [2.45, 2.75) is 67.7 Å². The van der Waals surface area contributed by atoms with Crippen LogP contribution in [0.1, 0.15) is 71.7 Å². The minimum absolute atomic E-state index is 0.169. The van der Waals surface area contributed by atoms with Gasteiger partial charge in [0.15, 0.2) is 0 Å². The van der Waals surface area contributed by atoms with E-state index >= 15 is 0 Å². The van der Waals surface area contributed by atoms with Crippen LogP contribution in [-0.4, -0.2) is 42.9 Å². The summed E-state index contributed by atoms with van der Waals surface area (Å²) in [4.78, 5) is 13.1. The van der Waals surface area contributed by atoms with Crippen LogP contribution in [0.4, 0.5) is 5.69 Å². The van der Waals surface area contributed by atoms with Gasteiger partial charge in [-0.05, 0) is 91.8 Å². The van der Waals surface area contributed by atoms with Crippen molar-refractivity contribution in [3.63, 3.8) is 0 Å². The van der Waals surface area contributed by atoms with Gasteiger partial charge in [0.25, 0.3) is 15.9 Å². The van der Waals surface area contributed by atoms with Crippen LogP contribution in [0.25, 0.3) is 0 Å². The van der Waals surface area contributed by atoms with Crippen LogP contribution in [0.3, 0.4) is 0 Å². The smallest absolute Gasteiger partial charge is 0.252 e. The summed E-state index contributed by atoms with van der Waals surface area (Å²) < 4.78 is 28.5. The molecule has 5 rings (SSSR count). The second-order valence-corrected chi connectivity index (χ2v) is 14.1. The maximum atomic E-state index is 13.3. The molecule has 1 amide bonds. The normalized spacial score (nSPS) is 17.7. The molecule has 2 fully saturated rings. The number of thiophene rings is 1. The van der Waals surface area contributed by atoms with Gasteiger partial charge in [-0.3, -0.25) is 4.79 Å². The lowest BCUT2D eigenvalue weighted by molar-refractivity contribution is 0.0951. The Morgan fingerprint density at radius 2 is 1.69 bits per heavy atom. The number of aromatic hydroxyl groups is 1. The second kappa shape index (κ2) is 12.3. The monoisotopic (exact) mass is 587 g/mol. The summed E-state index contributed by atoms with van der Waals surface area (Å²) in [5.74, 6) is 0.542. The Morgan fingerprint density at radius 3 is 2.41 bits per heavy atom. The van der Waals surface area contributed by atoms with E-state index in [2.05, 4.69) is 16.7 Å². The first-order chi connectivity index (χ1) is 18.8. The maximum absolute atomic E-state index is 13.3. The van der Waals surface area contributed by atoms with Gasteiger partial charge in [-0.2, -0.15) is 4.31 Å². The summed E-state index contributed by atoms with van der Waals surface area (Å²) in [5.41, 5.74) is 2.51. The zero-order chi connectivity index (χ0) is 27.4. The Balaban J connectivity index is 1.14. The van der Waals surface area contributed by atoms with Crippen molar-refractivity contribution in [2.24, 2.45) is 0 Å². The van der Waals surface area contributed by atoms with Crippen molar-refractivity contribution in [2.75, 3.05) is 18.4 Å². The number of carbonyl (C=O) groups excluding carboxylic acids is 1. The lowest BCUT2D eigenvalue weighted by atomic mass is 9.83. The number of carbonyl (C=O) groups is 1. The predicted octanol–water partition coefficient (Wildman–Crippen LogP) is 6.35. The van der Waals surface area contributed by atoms with E-state index in [0.29, 0.717) is 52.4 Å². The van der Waals surface area contributed by atoms with Crippen molar-refractivity contribution in [1.29, 1.82) is 0 Å².